The Morgan fingerprint density at radius 2 is 1.31 bits per heavy atom. The summed E-state index contributed by atoms with van der Waals surface area (Å²) in [6.45, 7) is 10.8. The van der Waals surface area contributed by atoms with E-state index >= 15 is 0 Å². The second-order valence-corrected chi connectivity index (χ2v) is 3.29. The molecule has 0 heterocycles. The first-order valence-corrected chi connectivity index (χ1v) is 3.84. The number of rotatable bonds is 4. The van der Waals surface area contributed by atoms with Crippen LogP contribution in [-0.4, -0.2) is 22.3 Å². The molecular weight excluding hydrogens is 168 g/mol. The van der Waals surface area contributed by atoms with E-state index in [9.17, 15) is 14.7 Å². The van der Waals surface area contributed by atoms with Crippen molar-refractivity contribution < 1.29 is 14.7 Å². The summed E-state index contributed by atoms with van der Waals surface area (Å²) in [5, 5.41) is 9.57. The van der Waals surface area contributed by atoms with Crippen LogP contribution in [0.5, 0.6) is 0 Å². The average molecular weight is 182 g/mol. The zero-order valence-corrected chi connectivity index (χ0v) is 8.18. The van der Waals surface area contributed by atoms with Gasteiger partial charge in [-0.05, 0) is 31.9 Å². The molecular formula is C10H14O3. The Morgan fingerprint density at radius 3 is 1.46 bits per heavy atom. The molecule has 0 saturated carbocycles. The van der Waals surface area contributed by atoms with Gasteiger partial charge in [0.05, 0.1) is 0 Å². The van der Waals surface area contributed by atoms with E-state index in [0.29, 0.717) is 0 Å². The zero-order chi connectivity index (χ0) is 10.8. The molecule has 0 aromatic heterocycles. The number of hydrogen-bond donors (Lipinski definition) is 1. The van der Waals surface area contributed by atoms with Crippen LogP contribution >= 0.6 is 0 Å². The van der Waals surface area contributed by atoms with Crippen molar-refractivity contribution in [3.05, 3.63) is 24.3 Å². The minimum Gasteiger partial charge on any atom is -0.374 e. The second kappa shape index (κ2) is 3.66. The fraction of sp³-hybridized carbons (Fsp3) is 0.400. The van der Waals surface area contributed by atoms with Crippen LogP contribution in [0.1, 0.15) is 20.8 Å². The molecule has 72 valence electrons. The van der Waals surface area contributed by atoms with Crippen LogP contribution in [0, 0.1) is 0 Å². The molecule has 0 aromatic carbocycles. The molecule has 3 heteroatoms. The molecule has 0 radical (unpaired) electrons. The summed E-state index contributed by atoms with van der Waals surface area (Å²) < 4.78 is 0. The van der Waals surface area contributed by atoms with E-state index in [1.165, 1.54) is 13.8 Å². The van der Waals surface area contributed by atoms with Gasteiger partial charge in [-0.25, -0.2) is 0 Å². The topological polar surface area (TPSA) is 54.4 Å². The highest BCUT2D eigenvalue weighted by molar-refractivity contribution is 6.20. The Balaban J connectivity index is 4.97. The van der Waals surface area contributed by atoms with E-state index in [1.807, 2.05) is 0 Å². The van der Waals surface area contributed by atoms with Gasteiger partial charge in [0.15, 0.2) is 17.2 Å². The number of ketones is 2. The predicted octanol–water partition coefficient (Wildman–Crippen LogP) is 1.03. The van der Waals surface area contributed by atoms with E-state index < -0.39 is 17.2 Å². The van der Waals surface area contributed by atoms with Gasteiger partial charge in [0.25, 0.3) is 0 Å². The lowest BCUT2D eigenvalue weighted by Gasteiger charge is -2.19. The van der Waals surface area contributed by atoms with Gasteiger partial charge < -0.3 is 5.11 Å². The number of hydrogen-bond acceptors (Lipinski definition) is 3. The first-order valence-electron chi connectivity index (χ1n) is 3.84. The zero-order valence-electron chi connectivity index (χ0n) is 8.18. The third-order valence-electron chi connectivity index (χ3n) is 1.66. The Hall–Kier alpha value is -1.22. The smallest absolute Gasteiger partial charge is 0.197 e. The minimum atomic E-state index is -2.02. The van der Waals surface area contributed by atoms with E-state index in [4.69, 9.17) is 0 Å². The highest BCUT2D eigenvalue weighted by Crippen LogP contribution is 2.15. The summed E-state index contributed by atoms with van der Waals surface area (Å²) in [6.07, 6.45) is 0. The van der Waals surface area contributed by atoms with Gasteiger partial charge in [0.1, 0.15) is 0 Å². The molecule has 0 aliphatic heterocycles. The van der Waals surface area contributed by atoms with Crippen molar-refractivity contribution in [1.29, 1.82) is 0 Å². The van der Waals surface area contributed by atoms with Gasteiger partial charge >= 0.3 is 0 Å². The summed E-state index contributed by atoms with van der Waals surface area (Å²) in [7, 11) is 0. The highest BCUT2D eigenvalue weighted by Gasteiger charge is 2.38. The molecule has 0 spiro atoms. The molecule has 0 amide bonds. The Bertz CT molecular complexity index is 257. The van der Waals surface area contributed by atoms with Gasteiger partial charge in [0, 0.05) is 0 Å². The predicted molar refractivity (Wildman–Crippen MR) is 50.3 cm³/mol. The molecule has 0 fully saturated rings. The number of Topliss-reactive ketones (excluding diaryl/α,β-unsaturated/α-hetero) is 2. The molecule has 0 rings (SSSR count). The maximum Gasteiger partial charge on any atom is 0.197 e. The van der Waals surface area contributed by atoms with E-state index in [-0.39, 0.29) is 11.1 Å². The standard InChI is InChI=1S/C10H14O3/c1-6(2)8(11)10(5,13)9(12)7(3)4/h13H,1,3H2,2,4-5H3. The number of aliphatic hydroxyl groups is 1. The average Bonchev–Trinajstić information content (AvgIpc) is 2.01. The summed E-state index contributed by atoms with van der Waals surface area (Å²) >= 11 is 0. The summed E-state index contributed by atoms with van der Waals surface area (Å²) in [5.74, 6) is -1.33. The summed E-state index contributed by atoms with van der Waals surface area (Å²) in [4.78, 5) is 22.6. The lowest BCUT2D eigenvalue weighted by Crippen LogP contribution is -2.44. The maximum absolute atomic E-state index is 11.3. The Kier molecular flexibility index (Phi) is 3.32. The van der Waals surface area contributed by atoms with Crippen molar-refractivity contribution in [2.75, 3.05) is 0 Å². The van der Waals surface area contributed by atoms with Gasteiger partial charge in [-0.2, -0.15) is 0 Å². The lowest BCUT2D eigenvalue weighted by atomic mass is 9.89. The van der Waals surface area contributed by atoms with Crippen molar-refractivity contribution in [2.45, 2.75) is 26.4 Å². The summed E-state index contributed by atoms with van der Waals surface area (Å²) in [5.41, 5.74) is -1.71. The van der Waals surface area contributed by atoms with Crippen LogP contribution < -0.4 is 0 Å². The number of carbonyl (C=O) groups is 2. The van der Waals surface area contributed by atoms with Crippen LogP contribution in [0.2, 0.25) is 0 Å². The van der Waals surface area contributed by atoms with Crippen molar-refractivity contribution in [3.63, 3.8) is 0 Å². The number of carbonyl (C=O) groups excluding carboxylic acids is 2. The van der Waals surface area contributed by atoms with E-state index in [2.05, 4.69) is 13.2 Å². The van der Waals surface area contributed by atoms with E-state index in [0.717, 1.165) is 6.92 Å². The van der Waals surface area contributed by atoms with Crippen molar-refractivity contribution in [3.8, 4) is 0 Å². The van der Waals surface area contributed by atoms with Crippen LogP contribution in [0.3, 0.4) is 0 Å². The van der Waals surface area contributed by atoms with Crippen molar-refractivity contribution in [2.24, 2.45) is 0 Å². The molecule has 0 aliphatic rings. The molecule has 0 bridgehead atoms. The molecule has 0 aliphatic carbocycles. The first kappa shape index (κ1) is 11.8. The fourth-order valence-electron chi connectivity index (χ4n) is 0.934. The van der Waals surface area contributed by atoms with Crippen LogP contribution in [0.15, 0.2) is 24.3 Å². The Labute approximate surface area is 77.8 Å². The molecule has 0 aromatic rings. The molecule has 3 nitrogen and oxygen atoms in total. The fourth-order valence-corrected chi connectivity index (χ4v) is 0.934. The summed E-state index contributed by atoms with van der Waals surface area (Å²) in [6, 6.07) is 0. The molecule has 0 unspecified atom stereocenters. The SMILES string of the molecule is C=C(C)C(=O)C(C)(O)C(=O)C(=C)C. The van der Waals surface area contributed by atoms with Crippen LogP contribution in [0.25, 0.3) is 0 Å². The largest absolute Gasteiger partial charge is 0.374 e. The molecule has 0 saturated heterocycles. The molecule has 0 atom stereocenters. The normalized spacial score (nSPS) is 10.8. The van der Waals surface area contributed by atoms with Crippen molar-refractivity contribution >= 4 is 11.6 Å². The third kappa shape index (κ3) is 2.36. The maximum atomic E-state index is 11.3. The quantitative estimate of drug-likeness (QED) is 0.522. The lowest BCUT2D eigenvalue weighted by molar-refractivity contribution is -0.144. The van der Waals surface area contributed by atoms with Crippen molar-refractivity contribution in [1.82, 2.24) is 0 Å². The highest BCUT2D eigenvalue weighted by atomic mass is 16.3. The van der Waals surface area contributed by atoms with Gasteiger partial charge in [0.2, 0.25) is 0 Å². The van der Waals surface area contributed by atoms with Crippen LogP contribution in [0.4, 0.5) is 0 Å². The second-order valence-electron chi connectivity index (χ2n) is 3.29. The van der Waals surface area contributed by atoms with Gasteiger partial charge in [-0.15, -0.1) is 0 Å². The Morgan fingerprint density at radius 1 is 1.08 bits per heavy atom. The van der Waals surface area contributed by atoms with Gasteiger partial charge in [-0.3, -0.25) is 9.59 Å². The van der Waals surface area contributed by atoms with E-state index in [1.54, 1.807) is 0 Å². The third-order valence-corrected chi connectivity index (χ3v) is 1.66. The first-order chi connectivity index (χ1) is 5.71. The molecule has 13 heavy (non-hydrogen) atoms. The minimum absolute atomic E-state index is 0.152. The van der Waals surface area contributed by atoms with Crippen LogP contribution in [-0.2, 0) is 9.59 Å². The monoisotopic (exact) mass is 182 g/mol. The molecule has 1 N–H and O–H groups in total. The van der Waals surface area contributed by atoms with Gasteiger partial charge in [-0.1, -0.05) is 13.2 Å².